The van der Waals surface area contributed by atoms with Crippen molar-refractivity contribution in [2.75, 3.05) is 19.1 Å². The number of hydrazone groups is 1. The zero-order valence-electron chi connectivity index (χ0n) is 20.9. The maximum Gasteiger partial charge on any atom is 0.305 e. The number of hydrogen-bond acceptors (Lipinski definition) is 5. The van der Waals surface area contributed by atoms with Gasteiger partial charge in [-0.25, -0.2) is 0 Å². The monoisotopic (exact) mass is 483 g/mol. The largest absolute Gasteiger partial charge is 0.469 e. The van der Waals surface area contributed by atoms with E-state index >= 15 is 0 Å². The van der Waals surface area contributed by atoms with Crippen LogP contribution >= 0.6 is 0 Å². The SMILES string of the molecule is CC[C@H](C(=O)NCCCCC(=O)OC)C(/C(=N\Nc1ccccc1)C1=CC=C=C=C1)c1ccccc1. The third-order valence-corrected chi connectivity index (χ3v) is 6.00. The highest BCUT2D eigenvalue weighted by atomic mass is 16.5. The molecule has 1 aliphatic rings. The molecule has 0 saturated carbocycles. The van der Waals surface area contributed by atoms with Gasteiger partial charge in [0.2, 0.25) is 5.91 Å². The summed E-state index contributed by atoms with van der Waals surface area (Å²) in [6, 6.07) is 19.7. The summed E-state index contributed by atoms with van der Waals surface area (Å²) in [6.45, 7) is 2.52. The average molecular weight is 484 g/mol. The maximum atomic E-state index is 13.5. The molecule has 2 N–H and O–H groups in total. The normalized spacial score (nSPS) is 14.1. The molecule has 2 atom stereocenters. The molecule has 1 amide bonds. The highest BCUT2D eigenvalue weighted by molar-refractivity contribution is 6.09. The van der Waals surface area contributed by atoms with Crippen molar-refractivity contribution in [2.24, 2.45) is 11.0 Å². The zero-order chi connectivity index (χ0) is 25.6. The first kappa shape index (κ1) is 26.5. The fraction of sp³-hybridized carbons (Fsp3) is 0.300. The van der Waals surface area contributed by atoms with Crippen LogP contribution in [-0.4, -0.2) is 31.2 Å². The van der Waals surface area contributed by atoms with E-state index in [0.717, 1.165) is 22.5 Å². The number of benzene rings is 2. The Morgan fingerprint density at radius 1 is 1.00 bits per heavy atom. The van der Waals surface area contributed by atoms with Crippen LogP contribution in [0.5, 0.6) is 0 Å². The number of nitrogens with zero attached hydrogens (tertiary/aromatic N) is 1. The van der Waals surface area contributed by atoms with E-state index in [-0.39, 0.29) is 23.7 Å². The van der Waals surface area contributed by atoms with Crippen molar-refractivity contribution in [3.63, 3.8) is 0 Å². The molecule has 2 aromatic rings. The van der Waals surface area contributed by atoms with Gasteiger partial charge in [0.15, 0.2) is 0 Å². The lowest BCUT2D eigenvalue weighted by Crippen LogP contribution is -2.37. The van der Waals surface area contributed by atoms with Crippen LogP contribution in [-0.2, 0) is 14.3 Å². The number of carbonyl (C=O) groups is 2. The second-order valence-corrected chi connectivity index (χ2v) is 8.42. The highest BCUT2D eigenvalue weighted by Gasteiger charge is 2.33. The maximum absolute atomic E-state index is 13.5. The van der Waals surface area contributed by atoms with E-state index < -0.39 is 0 Å². The van der Waals surface area contributed by atoms with E-state index in [1.807, 2.05) is 79.7 Å². The van der Waals surface area contributed by atoms with Crippen molar-refractivity contribution < 1.29 is 14.3 Å². The fourth-order valence-electron chi connectivity index (χ4n) is 4.11. The minimum atomic E-state index is -0.353. The first-order valence-corrected chi connectivity index (χ1v) is 12.3. The van der Waals surface area contributed by atoms with Gasteiger partial charge in [0.25, 0.3) is 0 Å². The number of allylic oxidation sites excluding steroid dienone is 4. The summed E-state index contributed by atoms with van der Waals surface area (Å²) < 4.78 is 4.69. The van der Waals surface area contributed by atoms with Crippen LogP contribution < -0.4 is 10.7 Å². The Morgan fingerprint density at radius 2 is 1.72 bits per heavy atom. The number of nitrogens with one attached hydrogen (secondary N) is 2. The van der Waals surface area contributed by atoms with Crippen molar-refractivity contribution in [2.45, 2.75) is 38.5 Å². The quantitative estimate of drug-likeness (QED) is 0.129. The van der Waals surface area contributed by atoms with Gasteiger partial charge < -0.3 is 10.1 Å². The van der Waals surface area contributed by atoms with Crippen LogP contribution in [0, 0.1) is 5.92 Å². The average Bonchev–Trinajstić information content (AvgIpc) is 2.93. The van der Waals surface area contributed by atoms with Crippen molar-refractivity contribution >= 4 is 23.3 Å². The lowest BCUT2D eigenvalue weighted by molar-refractivity contribution is -0.140. The second kappa shape index (κ2) is 14.3. The van der Waals surface area contributed by atoms with Gasteiger partial charge in [0.1, 0.15) is 0 Å². The van der Waals surface area contributed by atoms with E-state index in [9.17, 15) is 9.59 Å². The number of hydrogen-bond donors (Lipinski definition) is 2. The lowest BCUT2D eigenvalue weighted by Gasteiger charge is -2.28. The van der Waals surface area contributed by atoms with E-state index in [2.05, 4.69) is 26.9 Å². The topological polar surface area (TPSA) is 79.8 Å². The van der Waals surface area contributed by atoms with Gasteiger partial charge in [-0.1, -0.05) is 66.9 Å². The number of unbranched alkanes of at least 4 members (excludes halogenated alkanes) is 1. The second-order valence-electron chi connectivity index (χ2n) is 8.42. The third kappa shape index (κ3) is 7.71. The van der Waals surface area contributed by atoms with E-state index in [1.54, 1.807) is 6.08 Å². The van der Waals surface area contributed by atoms with Gasteiger partial charge in [-0.05, 0) is 55.2 Å². The molecule has 0 fully saturated rings. The van der Waals surface area contributed by atoms with Gasteiger partial charge in [0.05, 0.1) is 24.4 Å². The van der Waals surface area contributed by atoms with Crippen LogP contribution in [0.2, 0.25) is 0 Å². The molecule has 2 aromatic carbocycles. The van der Waals surface area contributed by atoms with Crippen LogP contribution in [0.1, 0.15) is 44.1 Å². The zero-order valence-corrected chi connectivity index (χ0v) is 20.9. The van der Waals surface area contributed by atoms with Gasteiger partial charge in [-0.3, -0.25) is 15.0 Å². The summed E-state index contributed by atoms with van der Waals surface area (Å²) >= 11 is 0. The summed E-state index contributed by atoms with van der Waals surface area (Å²) in [7, 11) is 1.38. The predicted molar refractivity (Wildman–Crippen MR) is 144 cm³/mol. The molecule has 3 rings (SSSR count). The fourth-order valence-corrected chi connectivity index (χ4v) is 4.11. The molecule has 0 spiro atoms. The Labute approximate surface area is 213 Å². The predicted octanol–water partition coefficient (Wildman–Crippen LogP) is 5.53. The third-order valence-electron chi connectivity index (χ3n) is 6.00. The molecule has 6 nitrogen and oxygen atoms in total. The van der Waals surface area contributed by atoms with Crippen molar-refractivity contribution in [3.05, 3.63) is 101 Å². The molecule has 6 heteroatoms. The van der Waals surface area contributed by atoms with Gasteiger partial charge in [0, 0.05) is 24.5 Å². The van der Waals surface area contributed by atoms with Gasteiger partial charge in [-0.2, -0.15) is 5.10 Å². The Balaban J connectivity index is 1.89. The number of rotatable bonds is 13. The number of carbonyl (C=O) groups excluding carboxylic acids is 2. The summed E-state index contributed by atoms with van der Waals surface area (Å²) in [5, 5.41) is 7.91. The molecule has 0 aromatic heterocycles. The first-order valence-electron chi connectivity index (χ1n) is 12.3. The Bertz CT molecular complexity index is 1170. The van der Waals surface area contributed by atoms with Crippen LogP contribution in [0.4, 0.5) is 5.69 Å². The molecule has 186 valence electrons. The first-order chi connectivity index (χ1) is 17.6. The molecule has 0 bridgehead atoms. The molecular weight excluding hydrogens is 450 g/mol. The highest BCUT2D eigenvalue weighted by Crippen LogP contribution is 2.33. The summed E-state index contributed by atoms with van der Waals surface area (Å²) in [6.07, 6.45) is 7.93. The molecule has 0 aliphatic heterocycles. The van der Waals surface area contributed by atoms with E-state index in [1.165, 1.54) is 7.11 Å². The molecular formula is C30H33N3O3. The number of ether oxygens (including phenoxy) is 1. The molecule has 1 unspecified atom stereocenters. The number of para-hydroxylation sites is 1. The molecule has 1 aliphatic carbocycles. The number of esters is 1. The lowest BCUT2D eigenvalue weighted by atomic mass is 9.77. The summed E-state index contributed by atoms with van der Waals surface area (Å²) in [4.78, 5) is 24.8. The van der Waals surface area contributed by atoms with Crippen molar-refractivity contribution in [1.82, 2.24) is 5.32 Å². The van der Waals surface area contributed by atoms with E-state index in [4.69, 9.17) is 5.10 Å². The number of amides is 1. The summed E-state index contributed by atoms with van der Waals surface area (Å²) in [5.74, 6) is -0.921. The standard InChI is InChI=1S/C30H33N3O3/c1-3-26(30(35)31-22-14-13-21-27(34)36-2)28(23-15-7-4-8-16-23)29(24-17-9-5-10-18-24)33-32-25-19-11-6-12-20-25/h4,6-9,11-12,15-20,26,28,32H,3,13-14,21-22H2,1-2H3,(H,31,35)/b33-29-/t26-,28?/m0/s1. The minimum absolute atomic E-state index is 0.0386. The van der Waals surface area contributed by atoms with Crippen LogP contribution in [0.15, 0.2) is 101 Å². The molecule has 36 heavy (non-hydrogen) atoms. The summed E-state index contributed by atoms with van der Waals surface area (Å²) in [5.41, 5.74) is 12.6. The molecule has 0 saturated heterocycles. The molecule has 0 radical (unpaired) electrons. The van der Waals surface area contributed by atoms with Gasteiger partial charge in [-0.15, -0.1) is 0 Å². The van der Waals surface area contributed by atoms with Gasteiger partial charge >= 0.3 is 5.97 Å². The molecule has 0 heterocycles. The Hall–Kier alpha value is -4.11. The van der Waals surface area contributed by atoms with Crippen molar-refractivity contribution in [1.29, 1.82) is 0 Å². The number of anilines is 1. The smallest absolute Gasteiger partial charge is 0.305 e. The number of methoxy groups -OCH3 is 1. The Morgan fingerprint density at radius 3 is 2.36 bits per heavy atom. The van der Waals surface area contributed by atoms with E-state index in [0.29, 0.717) is 32.2 Å². The minimum Gasteiger partial charge on any atom is -0.469 e. The van der Waals surface area contributed by atoms with Crippen LogP contribution in [0.3, 0.4) is 0 Å². The van der Waals surface area contributed by atoms with Crippen molar-refractivity contribution in [3.8, 4) is 0 Å². The Kier molecular flexibility index (Phi) is 10.5. The van der Waals surface area contributed by atoms with Crippen LogP contribution in [0.25, 0.3) is 0 Å².